The Kier molecular flexibility index (Phi) is 4.97. The number of rotatable bonds is 2. The molecule has 0 aliphatic carbocycles. The lowest BCUT2D eigenvalue weighted by atomic mass is 9.87. The minimum absolute atomic E-state index is 1.05. The third kappa shape index (κ3) is 3.47. The summed E-state index contributed by atoms with van der Waals surface area (Å²) in [5.41, 5.74) is 5.95. The molecule has 1 heterocycles. The zero-order chi connectivity index (χ0) is 27.6. The first kappa shape index (κ1) is 23.2. The van der Waals surface area contributed by atoms with Crippen LogP contribution < -0.4 is 0 Å². The van der Waals surface area contributed by atoms with Gasteiger partial charge in [0.25, 0.3) is 0 Å². The highest BCUT2D eigenvalue weighted by molar-refractivity contribution is 6.28. The van der Waals surface area contributed by atoms with E-state index in [1.807, 2.05) is 6.20 Å². The molecule has 1 nitrogen and oxygen atoms in total. The van der Waals surface area contributed by atoms with Gasteiger partial charge in [-0.05, 0) is 89.6 Å². The molecule has 0 saturated carbocycles. The van der Waals surface area contributed by atoms with Gasteiger partial charge in [-0.15, -0.1) is 0 Å². The van der Waals surface area contributed by atoms with Gasteiger partial charge in [-0.1, -0.05) is 121 Å². The Balaban J connectivity index is 1.44. The molecule has 0 fully saturated rings. The minimum Gasteiger partial charge on any atom is -0.255 e. The van der Waals surface area contributed by atoms with Crippen LogP contribution in [0.25, 0.3) is 87.0 Å². The van der Waals surface area contributed by atoms with Crippen molar-refractivity contribution in [2.45, 2.75) is 0 Å². The van der Waals surface area contributed by atoms with Crippen LogP contribution in [-0.4, -0.2) is 4.98 Å². The maximum atomic E-state index is 5.18. The maximum Gasteiger partial charge on any atom is 0.0799 e. The van der Waals surface area contributed by atoms with Crippen LogP contribution in [0.4, 0.5) is 0 Å². The number of benzene rings is 8. The number of fused-ring (bicyclic) bond motifs is 9. The average Bonchev–Trinajstić information content (AvgIpc) is 3.06. The zero-order valence-corrected chi connectivity index (χ0v) is 22.9. The van der Waals surface area contributed by atoms with Crippen LogP contribution in [0.2, 0.25) is 0 Å². The fourth-order valence-electron chi connectivity index (χ4n) is 6.81. The molecule has 1 heteroatoms. The van der Waals surface area contributed by atoms with Crippen LogP contribution in [0.3, 0.4) is 0 Å². The lowest BCUT2D eigenvalue weighted by molar-refractivity contribution is 1.46. The van der Waals surface area contributed by atoms with Crippen LogP contribution in [-0.2, 0) is 0 Å². The van der Waals surface area contributed by atoms with E-state index < -0.39 is 0 Å². The van der Waals surface area contributed by atoms with E-state index in [1.165, 1.54) is 76.1 Å². The van der Waals surface area contributed by atoms with Gasteiger partial charge in [0, 0.05) is 22.4 Å². The van der Waals surface area contributed by atoms with Crippen molar-refractivity contribution in [2.24, 2.45) is 0 Å². The van der Waals surface area contributed by atoms with Crippen molar-refractivity contribution in [3.05, 3.63) is 152 Å². The Bertz CT molecular complexity index is 2520. The van der Waals surface area contributed by atoms with Gasteiger partial charge in [0.1, 0.15) is 0 Å². The molecule has 0 atom stereocenters. The monoisotopic (exact) mass is 531 g/mol. The Hall–Kier alpha value is -5.53. The summed E-state index contributed by atoms with van der Waals surface area (Å²) in [6, 6.07) is 53.0. The van der Waals surface area contributed by atoms with Crippen molar-refractivity contribution < 1.29 is 0 Å². The maximum absolute atomic E-state index is 5.18. The van der Waals surface area contributed by atoms with Crippen LogP contribution >= 0.6 is 0 Å². The van der Waals surface area contributed by atoms with Crippen molar-refractivity contribution in [3.8, 4) is 22.3 Å². The largest absolute Gasteiger partial charge is 0.255 e. The lowest BCUT2D eigenvalue weighted by Crippen LogP contribution is -1.92. The Morgan fingerprint density at radius 1 is 0.333 bits per heavy atom. The number of nitrogens with zero attached hydrogens (tertiary/aromatic N) is 1. The Morgan fingerprint density at radius 3 is 1.55 bits per heavy atom. The molecular formula is C41H25N. The molecule has 0 aliphatic heterocycles. The van der Waals surface area contributed by atoms with Crippen molar-refractivity contribution >= 4 is 64.8 Å². The van der Waals surface area contributed by atoms with E-state index in [0.29, 0.717) is 0 Å². The summed E-state index contributed by atoms with van der Waals surface area (Å²) < 4.78 is 0. The van der Waals surface area contributed by atoms with E-state index >= 15 is 0 Å². The van der Waals surface area contributed by atoms with Gasteiger partial charge < -0.3 is 0 Å². The van der Waals surface area contributed by atoms with E-state index in [4.69, 9.17) is 4.98 Å². The van der Waals surface area contributed by atoms with E-state index in [9.17, 15) is 0 Å². The molecule has 1 aromatic heterocycles. The van der Waals surface area contributed by atoms with Crippen LogP contribution in [0, 0.1) is 0 Å². The third-order valence-corrected chi connectivity index (χ3v) is 8.80. The van der Waals surface area contributed by atoms with Gasteiger partial charge in [-0.25, -0.2) is 0 Å². The second-order valence-corrected chi connectivity index (χ2v) is 11.2. The summed E-state index contributed by atoms with van der Waals surface area (Å²) in [4.78, 5) is 5.18. The topological polar surface area (TPSA) is 12.9 Å². The normalized spacial score (nSPS) is 11.8. The predicted octanol–water partition coefficient (Wildman–Crippen LogP) is 11.3. The molecule has 0 amide bonds. The molecule has 0 bridgehead atoms. The minimum atomic E-state index is 1.05. The fraction of sp³-hybridized carbons (Fsp3) is 0. The summed E-state index contributed by atoms with van der Waals surface area (Å²) in [6.07, 6.45) is 2.04. The van der Waals surface area contributed by atoms with Crippen molar-refractivity contribution in [1.29, 1.82) is 0 Å². The Labute approximate surface area is 243 Å². The van der Waals surface area contributed by atoms with Crippen molar-refractivity contribution in [2.75, 3.05) is 0 Å². The first-order valence-electron chi connectivity index (χ1n) is 14.5. The average molecular weight is 532 g/mol. The zero-order valence-electron chi connectivity index (χ0n) is 22.9. The van der Waals surface area contributed by atoms with Crippen LogP contribution in [0.1, 0.15) is 0 Å². The summed E-state index contributed by atoms with van der Waals surface area (Å²) in [5, 5.41) is 13.5. The Morgan fingerprint density at radius 2 is 0.857 bits per heavy atom. The number of aromatic nitrogens is 1. The fourth-order valence-corrected chi connectivity index (χ4v) is 6.81. The molecule has 8 aromatic carbocycles. The van der Waals surface area contributed by atoms with Gasteiger partial charge in [-0.3, -0.25) is 4.98 Å². The quantitative estimate of drug-likeness (QED) is 0.202. The molecule has 9 aromatic rings. The van der Waals surface area contributed by atoms with Gasteiger partial charge in [0.05, 0.1) is 5.52 Å². The first-order chi connectivity index (χ1) is 20.8. The molecule has 0 aliphatic rings. The second kappa shape index (κ2) is 8.99. The highest BCUT2D eigenvalue weighted by Crippen LogP contribution is 2.44. The summed E-state index contributed by atoms with van der Waals surface area (Å²) >= 11 is 0. The standard InChI is InChI=1S/C41H25N/c1-3-11-28-21-30(19-17-26(28)9-1)37-23-33-24-38(31-20-18-27-10-2-4-12-29(27)22-31)40-34-14-6-5-13-32(34)25-42-41(40)39(33)36-16-8-7-15-35(36)37/h1-25H. The first-order valence-corrected chi connectivity index (χ1v) is 14.5. The van der Waals surface area contributed by atoms with Gasteiger partial charge in [0.15, 0.2) is 0 Å². The predicted molar refractivity (Wildman–Crippen MR) is 180 cm³/mol. The molecule has 194 valence electrons. The van der Waals surface area contributed by atoms with Crippen LogP contribution in [0.5, 0.6) is 0 Å². The SMILES string of the molecule is c1ccc2cc(-c3cc4cc(-c5ccc6ccccc6c5)c5c6ccccc6cnc5c4c4ccccc34)ccc2c1. The molecular weight excluding hydrogens is 506 g/mol. The highest BCUT2D eigenvalue weighted by atomic mass is 14.7. The molecule has 0 unspecified atom stereocenters. The summed E-state index contributed by atoms with van der Waals surface area (Å²) in [5.74, 6) is 0. The second-order valence-electron chi connectivity index (χ2n) is 11.2. The molecule has 0 saturated heterocycles. The molecule has 0 spiro atoms. The highest BCUT2D eigenvalue weighted by Gasteiger charge is 2.17. The smallest absolute Gasteiger partial charge is 0.0799 e. The molecule has 0 radical (unpaired) electrons. The lowest BCUT2D eigenvalue weighted by Gasteiger charge is -2.17. The number of hydrogen-bond donors (Lipinski definition) is 0. The summed E-state index contributed by atoms with van der Waals surface area (Å²) in [6.45, 7) is 0. The molecule has 9 rings (SSSR count). The van der Waals surface area contributed by atoms with Crippen molar-refractivity contribution in [3.63, 3.8) is 0 Å². The third-order valence-electron chi connectivity index (χ3n) is 8.80. The summed E-state index contributed by atoms with van der Waals surface area (Å²) in [7, 11) is 0. The van der Waals surface area contributed by atoms with E-state index in [2.05, 4.69) is 146 Å². The van der Waals surface area contributed by atoms with Gasteiger partial charge >= 0.3 is 0 Å². The molecule has 0 N–H and O–H groups in total. The van der Waals surface area contributed by atoms with Gasteiger partial charge in [-0.2, -0.15) is 0 Å². The van der Waals surface area contributed by atoms with Crippen LogP contribution in [0.15, 0.2) is 152 Å². The number of pyridine rings is 1. The van der Waals surface area contributed by atoms with Gasteiger partial charge in [0.2, 0.25) is 0 Å². The van der Waals surface area contributed by atoms with E-state index in [0.717, 1.165) is 10.9 Å². The van der Waals surface area contributed by atoms with E-state index in [-0.39, 0.29) is 0 Å². The van der Waals surface area contributed by atoms with E-state index in [1.54, 1.807) is 0 Å². The molecule has 42 heavy (non-hydrogen) atoms. The number of hydrogen-bond acceptors (Lipinski definition) is 1. The van der Waals surface area contributed by atoms with Crippen molar-refractivity contribution in [1.82, 2.24) is 4.98 Å².